The van der Waals surface area contributed by atoms with Gasteiger partial charge in [-0.15, -0.1) is 0 Å². The predicted molar refractivity (Wildman–Crippen MR) is 83.2 cm³/mol. The van der Waals surface area contributed by atoms with Crippen molar-refractivity contribution in [2.24, 2.45) is 5.73 Å². The Morgan fingerprint density at radius 3 is 1.87 bits per heavy atom. The molecule has 0 radical (unpaired) electrons. The molecule has 0 spiro atoms. The molecule has 0 aliphatic rings. The van der Waals surface area contributed by atoms with E-state index < -0.39 is 11.8 Å². The van der Waals surface area contributed by atoms with Gasteiger partial charge in [0.15, 0.2) is 0 Å². The molecule has 0 atom stereocenters. The largest absolute Gasteiger partial charge is 0.457 e. The van der Waals surface area contributed by atoms with E-state index in [9.17, 15) is 9.59 Å². The minimum Gasteiger partial charge on any atom is -0.457 e. The van der Waals surface area contributed by atoms with Crippen molar-refractivity contribution in [1.82, 2.24) is 0 Å². The Labute approximate surface area is 135 Å². The van der Waals surface area contributed by atoms with Crippen molar-refractivity contribution in [3.8, 4) is 0 Å². The summed E-state index contributed by atoms with van der Waals surface area (Å²) < 4.78 is 20.5. The lowest BCUT2D eigenvalue weighted by atomic mass is 10.1. The zero-order valence-electron chi connectivity index (χ0n) is 13.1. The number of carbonyl (C=O) groups is 2. The summed E-state index contributed by atoms with van der Waals surface area (Å²) in [6.07, 6.45) is 0. The molecule has 0 amide bonds. The van der Waals surface area contributed by atoms with Crippen LogP contribution >= 0.6 is 0 Å². The zero-order chi connectivity index (χ0) is 16.8. The summed E-state index contributed by atoms with van der Waals surface area (Å²) in [4.78, 5) is 23.2. The summed E-state index contributed by atoms with van der Waals surface area (Å²) in [6.45, 7) is 3.02. The highest BCUT2D eigenvalue weighted by molar-refractivity contribution is 6.40. The Balaban J connectivity index is 1.96. The van der Waals surface area contributed by atoms with E-state index >= 15 is 0 Å². The van der Waals surface area contributed by atoms with E-state index in [1.807, 2.05) is 0 Å². The summed E-state index contributed by atoms with van der Waals surface area (Å²) in [5.74, 6) is -1.54. The lowest BCUT2D eigenvalue weighted by Gasteiger charge is -2.07. The molecule has 0 saturated carbocycles. The molecule has 23 heavy (non-hydrogen) atoms. The molecule has 0 bridgehead atoms. The molecule has 0 aromatic heterocycles. The number of benzene rings is 1. The first-order valence-corrected chi connectivity index (χ1v) is 7.45. The van der Waals surface area contributed by atoms with Crippen LogP contribution in [0, 0.1) is 0 Å². The van der Waals surface area contributed by atoms with Crippen LogP contribution in [0.3, 0.4) is 0 Å². The Hall–Kier alpha value is -1.80. The van der Waals surface area contributed by atoms with Gasteiger partial charge in [0.05, 0.1) is 39.6 Å². The third-order valence-electron chi connectivity index (χ3n) is 2.69. The van der Waals surface area contributed by atoms with Crippen LogP contribution in [0.15, 0.2) is 30.3 Å². The summed E-state index contributed by atoms with van der Waals surface area (Å²) in [5, 5.41) is 0. The van der Waals surface area contributed by atoms with E-state index in [0.717, 1.165) is 0 Å². The fraction of sp³-hybridized carbons (Fsp3) is 0.500. The molecule has 0 aliphatic heterocycles. The van der Waals surface area contributed by atoms with Gasteiger partial charge in [-0.1, -0.05) is 30.3 Å². The van der Waals surface area contributed by atoms with Crippen molar-refractivity contribution >= 4 is 11.8 Å². The highest BCUT2D eigenvalue weighted by Gasteiger charge is 2.16. The second-order valence-electron chi connectivity index (χ2n) is 4.46. The minimum absolute atomic E-state index is 0.0248. The summed E-state index contributed by atoms with van der Waals surface area (Å²) in [5.41, 5.74) is 5.58. The monoisotopic (exact) mass is 325 g/mol. The lowest BCUT2D eigenvalue weighted by Crippen LogP contribution is -2.20. The first-order valence-electron chi connectivity index (χ1n) is 7.45. The maximum absolute atomic E-state index is 11.7. The smallest absolute Gasteiger partial charge is 0.379 e. The first-order chi connectivity index (χ1) is 11.3. The molecule has 7 heteroatoms. The van der Waals surface area contributed by atoms with Gasteiger partial charge in [-0.2, -0.15) is 0 Å². The molecule has 1 aromatic carbocycles. The molecule has 128 valence electrons. The minimum atomic E-state index is -0.881. The fourth-order valence-electron chi connectivity index (χ4n) is 1.59. The van der Waals surface area contributed by atoms with Crippen LogP contribution in [0.5, 0.6) is 0 Å². The maximum atomic E-state index is 11.7. The number of rotatable bonds is 13. The van der Waals surface area contributed by atoms with Gasteiger partial charge in [-0.25, -0.2) is 4.79 Å². The van der Waals surface area contributed by atoms with Crippen LogP contribution in [0.4, 0.5) is 0 Å². The van der Waals surface area contributed by atoms with E-state index in [1.165, 1.54) is 0 Å². The first kappa shape index (κ1) is 19.2. The average Bonchev–Trinajstić information content (AvgIpc) is 2.59. The second-order valence-corrected chi connectivity index (χ2v) is 4.46. The molecule has 0 aliphatic carbocycles. The van der Waals surface area contributed by atoms with Gasteiger partial charge in [0, 0.05) is 12.1 Å². The number of hydrogen-bond acceptors (Lipinski definition) is 7. The highest BCUT2D eigenvalue weighted by Crippen LogP contribution is 2.01. The van der Waals surface area contributed by atoms with E-state index in [-0.39, 0.29) is 13.2 Å². The third-order valence-corrected chi connectivity index (χ3v) is 2.69. The van der Waals surface area contributed by atoms with Crippen molar-refractivity contribution in [3.05, 3.63) is 35.9 Å². The number of carbonyl (C=O) groups excluding carboxylic acids is 2. The molecule has 0 heterocycles. The van der Waals surface area contributed by atoms with Crippen molar-refractivity contribution < 1.29 is 28.5 Å². The number of Topliss-reactive ketones (excluding diaryl/α,β-unsaturated/α-hetero) is 1. The van der Waals surface area contributed by atoms with Crippen molar-refractivity contribution in [3.63, 3.8) is 0 Å². The van der Waals surface area contributed by atoms with Gasteiger partial charge in [-0.05, 0) is 0 Å². The van der Waals surface area contributed by atoms with Gasteiger partial charge in [0.25, 0.3) is 5.78 Å². The molecular formula is C16H23NO6. The SMILES string of the molecule is NCCOCCOCCOCCOC(=O)C(=O)c1ccccc1. The van der Waals surface area contributed by atoms with Crippen LogP contribution in [0.1, 0.15) is 10.4 Å². The van der Waals surface area contributed by atoms with E-state index in [0.29, 0.717) is 45.1 Å². The second kappa shape index (κ2) is 12.7. The topological polar surface area (TPSA) is 97.1 Å². The quantitative estimate of drug-likeness (QED) is 0.243. The van der Waals surface area contributed by atoms with Crippen LogP contribution in [0.25, 0.3) is 0 Å². The molecule has 0 unspecified atom stereocenters. The summed E-state index contributed by atoms with van der Waals surface area (Å²) in [7, 11) is 0. The van der Waals surface area contributed by atoms with E-state index in [1.54, 1.807) is 30.3 Å². The van der Waals surface area contributed by atoms with E-state index in [4.69, 9.17) is 24.7 Å². The Bertz CT molecular complexity index is 451. The van der Waals surface area contributed by atoms with Gasteiger partial charge in [0.1, 0.15) is 6.61 Å². The highest BCUT2D eigenvalue weighted by atomic mass is 16.6. The molecule has 0 fully saturated rings. The van der Waals surface area contributed by atoms with Gasteiger partial charge >= 0.3 is 5.97 Å². The molecule has 0 saturated heterocycles. The summed E-state index contributed by atoms with van der Waals surface area (Å²) in [6, 6.07) is 8.27. The van der Waals surface area contributed by atoms with Gasteiger partial charge in [0.2, 0.25) is 0 Å². The van der Waals surface area contributed by atoms with Crippen molar-refractivity contribution in [2.45, 2.75) is 0 Å². The molecule has 2 N–H and O–H groups in total. The molecule has 1 rings (SSSR count). The Morgan fingerprint density at radius 1 is 0.783 bits per heavy atom. The van der Waals surface area contributed by atoms with Crippen LogP contribution in [0.2, 0.25) is 0 Å². The lowest BCUT2D eigenvalue weighted by molar-refractivity contribution is -0.139. The number of esters is 1. The number of nitrogens with two attached hydrogens (primary N) is 1. The van der Waals surface area contributed by atoms with Gasteiger partial charge in [-0.3, -0.25) is 4.79 Å². The molecule has 1 aromatic rings. The Kier molecular flexibility index (Phi) is 10.6. The zero-order valence-corrected chi connectivity index (χ0v) is 13.1. The molecular weight excluding hydrogens is 302 g/mol. The van der Waals surface area contributed by atoms with Crippen LogP contribution < -0.4 is 5.73 Å². The Morgan fingerprint density at radius 2 is 1.30 bits per heavy atom. The maximum Gasteiger partial charge on any atom is 0.379 e. The average molecular weight is 325 g/mol. The van der Waals surface area contributed by atoms with E-state index in [2.05, 4.69) is 0 Å². The van der Waals surface area contributed by atoms with Gasteiger partial charge < -0.3 is 24.7 Å². The summed E-state index contributed by atoms with van der Waals surface area (Å²) >= 11 is 0. The third kappa shape index (κ3) is 9.04. The number of ether oxygens (including phenoxy) is 4. The standard InChI is InChI=1S/C16H23NO6/c17-6-7-20-8-9-21-10-11-22-12-13-23-16(19)15(18)14-4-2-1-3-5-14/h1-5H,6-13,17H2. The fourth-order valence-corrected chi connectivity index (χ4v) is 1.59. The van der Waals surface area contributed by atoms with Crippen LogP contribution in [-0.4, -0.2) is 64.5 Å². The normalized spacial score (nSPS) is 10.5. The number of ketones is 1. The van der Waals surface area contributed by atoms with Crippen molar-refractivity contribution in [2.75, 3.05) is 52.8 Å². The number of hydrogen-bond donors (Lipinski definition) is 1. The predicted octanol–water partition coefficient (Wildman–Crippen LogP) is 0.421. The van der Waals surface area contributed by atoms with Crippen LogP contribution in [-0.2, 0) is 23.7 Å². The van der Waals surface area contributed by atoms with Crippen molar-refractivity contribution in [1.29, 1.82) is 0 Å². The molecule has 7 nitrogen and oxygen atoms in total.